The van der Waals surface area contributed by atoms with Crippen LogP contribution in [0.1, 0.15) is 77.0 Å². The topological polar surface area (TPSA) is 122 Å². The molecule has 0 saturated heterocycles. The highest BCUT2D eigenvalue weighted by Gasteiger charge is 2.34. The van der Waals surface area contributed by atoms with Crippen LogP contribution in [0.25, 0.3) is 11.0 Å². The van der Waals surface area contributed by atoms with Gasteiger partial charge in [-0.1, -0.05) is 24.3 Å². The van der Waals surface area contributed by atoms with Crippen molar-refractivity contribution in [3.05, 3.63) is 58.4 Å². The van der Waals surface area contributed by atoms with E-state index >= 15 is 0 Å². The first-order chi connectivity index (χ1) is 17.6. The summed E-state index contributed by atoms with van der Waals surface area (Å²) in [5, 5.41) is 15.8. The van der Waals surface area contributed by atoms with Gasteiger partial charge in [-0.25, -0.2) is 4.98 Å². The van der Waals surface area contributed by atoms with Crippen LogP contribution in [-0.2, 0) is 23.1 Å². The van der Waals surface area contributed by atoms with Gasteiger partial charge in [0.15, 0.2) is 5.75 Å². The summed E-state index contributed by atoms with van der Waals surface area (Å²) in [7, 11) is 5.66. The van der Waals surface area contributed by atoms with Crippen LogP contribution in [0.15, 0.2) is 30.3 Å². The van der Waals surface area contributed by atoms with Gasteiger partial charge in [0.1, 0.15) is 17.4 Å². The molecule has 2 aliphatic rings. The molecule has 2 aromatic carbocycles. The number of aromatic nitrogens is 2. The van der Waals surface area contributed by atoms with Crippen LogP contribution in [0.2, 0.25) is 0 Å². The second-order valence-corrected chi connectivity index (χ2v) is 9.89. The third-order valence-electron chi connectivity index (χ3n) is 6.85. The molecule has 1 aromatic heterocycles. The van der Waals surface area contributed by atoms with Gasteiger partial charge in [-0.2, -0.15) is 0 Å². The van der Waals surface area contributed by atoms with E-state index in [2.05, 4.69) is 42.8 Å². The molecule has 1 fully saturated rings. The second kappa shape index (κ2) is 10.6. The van der Waals surface area contributed by atoms with E-state index in [1.807, 2.05) is 6.07 Å². The minimum absolute atomic E-state index is 0.0111. The Balaban J connectivity index is 0.000000349. The molecule has 1 aliphatic heterocycles. The average molecular weight is 508 g/mol. The lowest BCUT2D eigenvalue weighted by Crippen LogP contribution is -2.25. The number of nitrogens with zero attached hydrogens (tertiary/aromatic N) is 3. The van der Waals surface area contributed by atoms with Crippen LogP contribution < -0.4 is 4.74 Å². The summed E-state index contributed by atoms with van der Waals surface area (Å²) < 4.78 is 8.76. The molecular weight excluding hydrogens is 474 g/mol. The molecule has 9 heteroatoms. The van der Waals surface area contributed by atoms with E-state index < -0.39 is 11.9 Å². The predicted molar refractivity (Wildman–Crippen MR) is 138 cm³/mol. The first-order valence-corrected chi connectivity index (χ1v) is 12.5. The van der Waals surface area contributed by atoms with Gasteiger partial charge in [0, 0.05) is 38.2 Å². The number of amides is 1. The van der Waals surface area contributed by atoms with E-state index in [0.717, 1.165) is 46.6 Å². The highest BCUT2D eigenvalue weighted by Crippen LogP contribution is 2.45. The number of benzene rings is 2. The molecule has 0 unspecified atom stereocenters. The number of imidazole rings is 1. The molecule has 5 rings (SSSR count). The molecule has 3 aromatic rings. The highest BCUT2D eigenvalue weighted by molar-refractivity contribution is 6.01. The Morgan fingerprint density at radius 2 is 1.73 bits per heavy atom. The summed E-state index contributed by atoms with van der Waals surface area (Å²) in [5.74, 6) is 0.315. The number of fused-ring (bicyclic) bond motifs is 3. The first-order valence-electron chi connectivity index (χ1n) is 12.5. The van der Waals surface area contributed by atoms with Crippen LogP contribution in [0.4, 0.5) is 0 Å². The second-order valence-electron chi connectivity index (χ2n) is 9.89. The molecule has 196 valence electrons. The SMILES string of the molecule is Cc1ccccc1[C@@H]1CCc2c(C(=O)N(C)C)cc3c(nc(C4CC4)n3C)c2O1.O=C(O)CCC(=O)O. The van der Waals surface area contributed by atoms with Crippen LogP contribution in [-0.4, -0.2) is 56.6 Å². The number of ether oxygens (including phenoxy) is 1. The van der Waals surface area contributed by atoms with Gasteiger partial charge >= 0.3 is 11.9 Å². The molecule has 1 atom stereocenters. The number of hydrogen-bond donors (Lipinski definition) is 2. The summed E-state index contributed by atoms with van der Waals surface area (Å²) in [6, 6.07) is 10.4. The van der Waals surface area contributed by atoms with Crippen molar-refractivity contribution in [2.24, 2.45) is 7.05 Å². The maximum Gasteiger partial charge on any atom is 0.303 e. The van der Waals surface area contributed by atoms with Crippen molar-refractivity contribution in [2.45, 2.75) is 57.5 Å². The number of hydrogen-bond acceptors (Lipinski definition) is 5. The average Bonchev–Trinajstić information content (AvgIpc) is 3.65. The zero-order chi connectivity index (χ0) is 26.9. The van der Waals surface area contributed by atoms with E-state index in [0.29, 0.717) is 5.92 Å². The number of carbonyl (C=O) groups is 3. The van der Waals surface area contributed by atoms with Crippen LogP contribution in [0, 0.1) is 6.92 Å². The van der Waals surface area contributed by atoms with E-state index in [-0.39, 0.29) is 24.9 Å². The lowest BCUT2D eigenvalue weighted by molar-refractivity contribution is -0.143. The van der Waals surface area contributed by atoms with Crippen molar-refractivity contribution in [3.8, 4) is 5.75 Å². The van der Waals surface area contributed by atoms with E-state index in [1.165, 1.54) is 24.0 Å². The van der Waals surface area contributed by atoms with Crippen molar-refractivity contribution in [3.63, 3.8) is 0 Å². The minimum Gasteiger partial charge on any atom is -0.483 e. The van der Waals surface area contributed by atoms with Crippen molar-refractivity contribution in [1.29, 1.82) is 0 Å². The van der Waals surface area contributed by atoms with Crippen LogP contribution in [0.5, 0.6) is 5.75 Å². The fraction of sp³-hybridized carbons (Fsp3) is 0.429. The highest BCUT2D eigenvalue weighted by atomic mass is 16.5. The number of carboxylic acids is 2. The van der Waals surface area contributed by atoms with Crippen LogP contribution in [0.3, 0.4) is 0 Å². The summed E-state index contributed by atoms with van der Waals surface area (Å²) in [4.78, 5) is 38.9. The third-order valence-corrected chi connectivity index (χ3v) is 6.85. The summed E-state index contributed by atoms with van der Waals surface area (Å²) in [6.07, 6.45) is 3.45. The zero-order valence-electron chi connectivity index (χ0n) is 21.7. The Morgan fingerprint density at radius 1 is 1.08 bits per heavy atom. The van der Waals surface area contributed by atoms with Crippen LogP contribution >= 0.6 is 0 Å². The Hall–Kier alpha value is -3.88. The number of aryl methyl sites for hydroxylation is 2. The number of carboxylic acid groups (broad SMARTS) is 2. The monoisotopic (exact) mass is 507 g/mol. The van der Waals surface area contributed by atoms with Crippen molar-refractivity contribution < 1.29 is 29.3 Å². The molecular formula is C28H33N3O6. The Morgan fingerprint density at radius 3 is 2.30 bits per heavy atom. The molecule has 1 amide bonds. The largest absolute Gasteiger partial charge is 0.483 e. The fourth-order valence-electron chi connectivity index (χ4n) is 4.72. The predicted octanol–water partition coefficient (Wildman–Crippen LogP) is 4.46. The van der Waals surface area contributed by atoms with Gasteiger partial charge in [-0.05, 0) is 49.8 Å². The summed E-state index contributed by atoms with van der Waals surface area (Å²) >= 11 is 0. The standard InChI is InChI=1S/C24H27N3O2.C4H6O4/c1-14-7-5-6-8-16(14)20-12-11-17-18(24(28)26(2)3)13-19-21(22(17)29-20)25-23(27(19)4)15-9-10-15;5-3(6)1-2-4(7)8/h5-8,13,15,20H,9-12H2,1-4H3;1-2H2,(H,5,6)(H,7,8)/t20-;/m0./s1. The molecule has 0 radical (unpaired) electrons. The van der Waals surface area contributed by atoms with E-state index in [4.69, 9.17) is 19.9 Å². The third kappa shape index (κ3) is 5.60. The molecule has 1 aliphatic carbocycles. The first kappa shape index (κ1) is 26.2. The Labute approximate surface area is 215 Å². The lowest BCUT2D eigenvalue weighted by Gasteiger charge is -2.29. The van der Waals surface area contributed by atoms with E-state index in [1.54, 1.807) is 19.0 Å². The van der Waals surface area contributed by atoms with Gasteiger partial charge < -0.3 is 24.4 Å². The lowest BCUT2D eigenvalue weighted by atomic mass is 9.91. The Kier molecular flexibility index (Phi) is 7.52. The number of aliphatic carboxylic acids is 2. The van der Waals surface area contributed by atoms with Gasteiger partial charge in [0.05, 0.1) is 18.4 Å². The Bertz CT molecular complexity index is 1340. The molecule has 0 spiro atoms. The van der Waals surface area contributed by atoms with Gasteiger partial charge in [0.2, 0.25) is 0 Å². The zero-order valence-corrected chi connectivity index (χ0v) is 21.7. The van der Waals surface area contributed by atoms with Crippen molar-refractivity contribution in [1.82, 2.24) is 14.5 Å². The minimum atomic E-state index is -1.08. The van der Waals surface area contributed by atoms with E-state index in [9.17, 15) is 14.4 Å². The normalized spacial score (nSPS) is 16.3. The molecule has 0 bridgehead atoms. The van der Waals surface area contributed by atoms with Gasteiger partial charge in [-0.15, -0.1) is 0 Å². The van der Waals surface area contributed by atoms with Crippen molar-refractivity contribution in [2.75, 3.05) is 14.1 Å². The summed E-state index contributed by atoms with van der Waals surface area (Å²) in [5.41, 5.74) is 6.08. The maximum absolute atomic E-state index is 13.0. The molecule has 1 saturated carbocycles. The molecule has 9 nitrogen and oxygen atoms in total. The molecule has 2 N–H and O–H groups in total. The molecule has 2 heterocycles. The summed E-state index contributed by atoms with van der Waals surface area (Å²) in [6.45, 7) is 2.13. The van der Waals surface area contributed by atoms with Gasteiger partial charge in [-0.3, -0.25) is 14.4 Å². The molecule has 37 heavy (non-hydrogen) atoms. The quantitative estimate of drug-likeness (QED) is 0.505. The van der Waals surface area contributed by atoms with Gasteiger partial charge in [0.25, 0.3) is 5.91 Å². The maximum atomic E-state index is 13.0. The smallest absolute Gasteiger partial charge is 0.303 e. The van der Waals surface area contributed by atoms with Crippen molar-refractivity contribution >= 4 is 28.9 Å². The fourth-order valence-corrected chi connectivity index (χ4v) is 4.72. The number of rotatable bonds is 6. The number of carbonyl (C=O) groups excluding carboxylic acids is 1.